The molecule has 0 saturated heterocycles. The Labute approximate surface area is 100 Å². The molecule has 1 fully saturated rings. The zero-order valence-corrected chi connectivity index (χ0v) is 10.1. The van der Waals surface area contributed by atoms with Gasteiger partial charge in [0.25, 0.3) is 0 Å². The van der Waals surface area contributed by atoms with Crippen LogP contribution in [-0.2, 0) is 4.74 Å². The van der Waals surface area contributed by atoms with Gasteiger partial charge in [-0.15, -0.1) is 10.2 Å². The highest BCUT2D eigenvalue weighted by Crippen LogP contribution is 2.48. The zero-order valence-electron chi connectivity index (χ0n) is 9.37. The number of aromatic nitrogens is 2. The molecule has 0 unspecified atom stereocenters. The first-order chi connectivity index (χ1) is 7.74. The maximum atomic E-state index is 5.66. The summed E-state index contributed by atoms with van der Waals surface area (Å²) >= 11 is 5.66. The van der Waals surface area contributed by atoms with Crippen molar-refractivity contribution in [2.45, 2.75) is 19.3 Å². The average Bonchev–Trinajstić information content (AvgIpc) is 3.07. The summed E-state index contributed by atoms with van der Waals surface area (Å²) in [7, 11) is 1.74. The molecule has 4 nitrogen and oxygen atoms in total. The molecule has 1 saturated carbocycles. The largest absolute Gasteiger partial charge is 0.385 e. The lowest BCUT2D eigenvalue weighted by Crippen LogP contribution is -2.18. The van der Waals surface area contributed by atoms with Gasteiger partial charge in [0, 0.05) is 20.3 Å². The smallest absolute Gasteiger partial charge is 0.151 e. The Morgan fingerprint density at radius 3 is 2.81 bits per heavy atom. The standard InChI is InChI=1S/C11H16ClN3O/c1-16-7-6-11(4-5-11)8-13-10-3-2-9(12)14-15-10/h2-3H,4-8H2,1H3,(H,13,15). The maximum absolute atomic E-state index is 5.66. The number of methoxy groups -OCH3 is 1. The van der Waals surface area contributed by atoms with E-state index in [0.717, 1.165) is 25.4 Å². The number of nitrogens with zero attached hydrogens (tertiary/aromatic N) is 2. The van der Waals surface area contributed by atoms with Crippen LogP contribution in [0.2, 0.25) is 5.15 Å². The van der Waals surface area contributed by atoms with E-state index in [1.54, 1.807) is 13.2 Å². The maximum Gasteiger partial charge on any atom is 0.151 e. The van der Waals surface area contributed by atoms with Crippen molar-refractivity contribution in [3.8, 4) is 0 Å². The number of hydrogen-bond donors (Lipinski definition) is 1. The SMILES string of the molecule is COCCC1(CNc2ccc(Cl)nn2)CC1. The molecule has 1 aromatic rings. The minimum atomic E-state index is 0.414. The normalized spacial score (nSPS) is 17.1. The second-order valence-electron chi connectivity index (χ2n) is 4.34. The van der Waals surface area contributed by atoms with Crippen molar-refractivity contribution < 1.29 is 4.74 Å². The molecular weight excluding hydrogens is 226 g/mol. The Bertz CT molecular complexity index is 338. The van der Waals surface area contributed by atoms with E-state index in [9.17, 15) is 0 Å². The Hall–Kier alpha value is -0.870. The van der Waals surface area contributed by atoms with Crippen LogP contribution >= 0.6 is 11.6 Å². The first-order valence-corrected chi connectivity index (χ1v) is 5.84. The molecule has 0 atom stereocenters. The third kappa shape index (κ3) is 3.06. The van der Waals surface area contributed by atoms with Gasteiger partial charge in [-0.05, 0) is 36.8 Å². The van der Waals surface area contributed by atoms with E-state index in [2.05, 4.69) is 15.5 Å². The van der Waals surface area contributed by atoms with Crippen molar-refractivity contribution >= 4 is 17.4 Å². The molecule has 0 aromatic carbocycles. The molecular formula is C11H16ClN3O. The molecule has 1 aliphatic carbocycles. The predicted molar refractivity (Wildman–Crippen MR) is 63.7 cm³/mol. The van der Waals surface area contributed by atoms with Crippen molar-refractivity contribution in [1.82, 2.24) is 10.2 Å². The van der Waals surface area contributed by atoms with Crippen LogP contribution < -0.4 is 5.32 Å². The van der Waals surface area contributed by atoms with E-state index >= 15 is 0 Å². The molecule has 2 rings (SSSR count). The monoisotopic (exact) mass is 241 g/mol. The molecule has 5 heteroatoms. The number of nitrogens with one attached hydrogen (secondary N) is 1. The molecule has 1 aromatic heterocycles. The first kappa shape index (κ1) is 11.6. The second-order valence-corrected chi connectivity index (χ2v) is 4.72. The third-order valence-corrected chi connectivity index (χ3v) is 3.27. The van der Waals surface area contributed by atoms with Crippen molar-refractivity contribution in [2.75, 3.05) is 25.6 Å². The van der Waals surface area contributed by atoms with Crippen LogP contribution in [0, 0.1) is 5.41 Å². The van der Waals surface area contributed by atoms with Gasteiger partial charge in [-0.3, -0.25) is 0 Å². The molecule has 16 heavy (non-hydrogen) atoms. The fraction of sp³-hybridized carbons (Fsp3) is 0.636. The van der Waals surface area contributed by atoms with Gasteiger partial charge in [-0.2, -0.15) is 0 Å². The lowest BCUT2D eigenvalue weighted by atomic mass is 10.0. The summed E-state index contributed by atoms with van der Waals surface area (Å²) in [5, 5.41) is 11.5. The fourth-order valence-electron chi connectivity index (χ4n) is 1.70. The molecule has 0 amide bonds. The third-order valence-electron chi connectivity index (χ3n) is 3.07. The summed E-state index contributed by atoms with van der Waals surface area (Å²) in [5.41, 5.74) is 0.414. The number of rotatable bonds is 6. The van der Waals surface area contributed by atoms with Crippen molar-refractivity contribution in [1.29, 1.82) is 0 Å². The van der Waals surface area contributed by atoms with Gasteiger partial charge in [-0.25, -0.2) is 0 Å². The summed E-state index contributed by atoms with van der Waals surface area (Å²) in [6.07, 6.45) is 3.65. The van der Waals surface area contributed by atoms with Crippen molar-refractivity contribution in [3.63, 3.8) is 0 Å². The second kappa shape index (κ2) is 4.97. The van der Waals surface area contributed by atoms with Gasteiger partial charge in [0.05, 0.1) is 0 Å². The lowest BCUT2D eigenvalue weighted by molar-refractivity contribution is 0.175. The van der Waals surface area contributed by atoms with Gasteiger partial charge < -0.3 is 10.1 Å². The highest BCUT2D eigenvalue weighted by Gasteiger charge is 2.41. The minimum Gasteiger partial charge on any atom is -0.385 e. The number of halogens is 1. The lowest BCUT2D eigenvalue weighted by Gasteiger charge is -2.15. The van der Waals surface area contributed by atoms with Crippen LogP contribution in [0.15, 0.2) is 12.1 Å². The predicted octanol–water partition coefficient (Wildman–Crippen LogP) is 2.36. The molecule has 1 aliphatic rings. The molecule has 1 N–H and O–H groups in total. The van der Waals surface area contributed by atoms with Gasteiger partial charge in [-0.1, -0.05) is 11.6 Å². The van der Waals surface area contributed by atoms with Gasteiger partial charge in [0.1, 0.15) is 5.82 Å². The van der Waals surface area contributed by atoms with Crippen LogP contribution in [0.4, 0.5) is 5.82 Å². The van der Waals surface area contributed by atoms with Crippen LogP contribution in [0.1, 0.15) is 19.3 Å². The number of hydrogen-bond acceptors (Lipinski definition) is 4. The van der Waals surface area contributed by atoms with Crippen LogP contribution in [0.25, 0.3) is 0 Å². The van der Waals surface area contributed by atoms with E-state index in [4.69, 9.17) is 16.3 Å². The Morgan fingerprint density at radius 2 is 2.25 bits per heavy atom. The molecule has 0 spiro atoms. The highest BCUT2D eigenvalue weighted by atomic mass is 35.5. The number of ether oxygens (including phenoxy) is 1. The van der Waals surface area contributed by atoms with E-state index < -0.39 is 0 Å². The van der Waals surface area contributed by atoms with Crippen molar-refractivity contribution in [3.05, 3.63) is 17.3 Å². The van der Waals surface area contributed by atoms with Crippen LogP contribution in [0.3, 0.4) is 0 Å². The van der Waals surface area contributed by atoms with E-state index in [0.29, 0.717) is 10.6 Å². The van der Waals surface area contributed by atoms with E-state index in [1.165, 1.54) is 12.8 Å². The minimum absolute atomic E-state index is 0.414. The van der Waals surface area contributed by atoms with Crippen LogP contribution in [0.5, 0.6) is 0 Å². The first-order valence-electron chi connectivity index (χ1n) is 5.46. The van der Waals surface area contributed by atoms with Gasteiger partial charge in [0.2, 0.25) is 0 Å². The Morgan fingerprint density at radius 1 is 1.44 bits per heavy atom. The Kier molecular flexibility index (Phi) is 3.61. The quantitative estimate of drug-likeness (QED) is 0.831. The summed E-state index contributed by atoms with van der Waals surface area (Å²) < 4.78 is 5.11. The summed E-state index contributed by atoms with van der Waals surface area (Å²) in [6.45, 7) is 1.76. The number of anilines is 1. The highest BCUT2D eigenvalue weighted by molar-refractivity contribution is 6.29. The molecule has 0 radical (unpaired) electrons. The fourth-order valence-corrected chi connectivity index (χ4v) is 1.80. The molecule has 1 heterocycles. The molecule has 0 aliphatic heterocycles. The zero-order chi connectivity index (χ0) is 11.4. The summed E-state index contributed by atoms with van der Waals surface area (Å²) in [5.74, 6) is 0.785. The van der Waals surface area contributed by atoms with Gasteiger partial charge >= 0.3 is 0 Å². The van der Waals surface area contributed by atoms with E-state index in [-0.39, 0.29) is 0 Å². The average molecular weight is 242 g/mol. The summed E-state index contributed by atoms with van der Waals surface area (Å²) in [6, 6.07) is 3.59. The van der Waals surface area contributed by atoms with E-state index in [1.807, 2.05) is 6.07 Å². The Balaban J connectivity index is 1.81. The van der Waals surface area contributed by atoms with Gasteiger partial charge in [0.15, 0.2) is 5.15 Å². The summed E-state index contributed by atoms with van der Waals surface area (Å²) in [4.78, 5) is 0. The molecule has 88 valence electrons. The van der Waals surface area contributed by atoms with Crippen molar-refractivity contribution in [2.24, 2.45) is 5.41 Å². The molecule has 0 bridgehead atoms. The topological polar surface area (TPSA) is 47.0 Å². The van der Waals surface area contributed by atoms with Crippen LogP contribution in [-0.4, -0.2) is 30.5 Å².